The Morgan fingerprint density at radius 3 is 1.32 bits per heavy atom. The van der Waals surface area contributed by atoms with Gasteiger partial charge in [-0.1, -0.05) is 127 Å². The molecule has 0 radical (unpaired) electrons. The van der Waals surface area contributed by atoms with Gasteiger partial charge in [0.15, 0.2) is 0 Å². The molecule has 4 heterocycles. The largest absolute Gasteiger partial charge is 0.354 e. The van der Waals surface area contributed by atoms with Crippen LogP contribution in [0.25, 0.3) is 84.8 Å². The molecule has 240 valence electrons. The van der Waals surface area contributed by atoms with Crippen molar-refractivity contribution in [2.45, 2.75) is 13.8 Å². The minimum absolute atomic E-state index is 0.774. The Morgan fingerprint density at radius 1 is 0.440 bits per heavy atom. The number of fused-ring (bicyclic) bond motifs is 6. The topological polar surface area (TPSA) is 57.4 Å². The number of aryl methyl sites for hydroxylation is 2. The minimum atomic E-state index is 0.774. The first-order valence-electron chi connectivity index (χ1n) is 16.9. The number of rotatable bonds is 5. The summed E-state index contributed by atoms with van der Waals surface area (Å²) < 4.78 is 0. The molecule has 0 aliphatic carbocycles. The van der Waals surface area contributed by atoms with E-state index in [2.05, 4.69) is 164 Å². The molecule has 0 atom stereocenters. The highest BCUT2D eigenvalue weighted by atomic mass is 14.8. The van der Waals surface area contributed by atoms with Gasteiger partial charge in [-0.3, -0.25) is 4.98 Å². The Hall–Kier alpha value is -6.52. The Morgan fingerprint density at radius 2 is 0.840 bits per heavy atom. The molecule has 50 heavy (non-hydrogen) atoms. The van der Waals surface area contributed by atoms with Crippen molar-refractivity contribution in [3.8, 4) is 44.5 Å². The van der Waals surface area contributed by atoms with Gasteiger partial charge in [0.25, 0.3) is 0 Å². The van der Waals surface area contributed by atoms with E-state index in [9.17, 15) is 0 Å². The molecular weight excluding hydrogens is 609 g/mol. The minimum Gasteiger partial charge on any atom is -0.354 e. The SMILES string of the molecule is C=Cc1nc(C)c(-c2ccccc2)c2ccc([nH]2)c(-c2ccc(C)cc2)c2nc(c(-c3ccccc3)c3ccc([nH]3)c1-c1ccccc1)C=C2. The lowest BCUT2D eigenvalue weighted by atomic mass is 10.0. The van der Waals surface area contributed by atoms with E-state index >= 15 is 0 Å². The zero-order valence-corrected chi connectivity index (χ0v) is 28.1. The van der Waals surface area contributed by atoms with E-state index in [-0.39, 0.29) is 0 Å². The number of hydrogen-bond donors (Lipinski definition) is 2. The summed E-state index contributed by atoms with van der Waals surface area (Å²) >= 11 is 0. The molecule has 1 aliphatic rings. The average molecular weight is 645 g/mol. The summed E-state index contributed by atoms with van der Waals surface area (Å²) in [4.78, 5) is 18.3. The van der Waals surface area contributed by atoms with Gasteiger partial charge in [0.1, 0.15) is 0 Å². The maximum atomic E-state index is 5.37. The van der Waals surface area contributed by atoms with E-state index in [1.807, 2.05) is 24.3 Å². The van der Waals surface area contributed by atoms with Gasteiger partial charge in [-0.15, -0.1) is 0 Å². The molecule has 0 spiro atoms. The molecule has 7 aromatic rings. The van der Waals surface area contributed by atoms with Gasteiger partial charge in [-0.2, -0.15) is 0 Å². The van der Waals surface area contributed by atoms with E-state index < -0.39 is 0 Å². The molecule has 3 aromatic heterocycles. The van der Waals surface area contributed by atoms with Crippen LogP contribution in [-0.2, 0) is 0 Å². The summed E-state index contributed by atoms with van der Waals surface area (Å²) in [5, 5.41) is 0. The van der Waals surface area contributed by atoms with Crippen LogP contribution in [0.5, 0.6) is 0 Å². The fraction of sp³-hybridized carbons (Fsp3) is 0.0435. The number of aromatic nitrogens is 4. The van der Waals surface area contributed by atoms with Crippen LogP contribution in [0.2, 0.25) is 0 Å². The molecule has 0 fully saturated rings. The molecule has 0 saturated carbocycles. The normalized spacial score (nSPS) is 11.4. The van der Waals surface area contributed by atoms with Gasteiger partial charge in [0.2, 0.25) is 0 Å². The first-order chi connectivity index (χ1) is 24.6. The van der Waals surface area contributed by atoms with Crippen LogP contribution in [0.3, 0.4) is 0 Å². The molecule has 6 bridgehead atoms. The summed E-state index contributed by atoms with van der Waals surface area (Å²) in [6, 6.07) is 48.6. The Kier molecular flexibility index (Phi) is 8.11. The Bertz CT molecular complexity index is 2540. The second-order valence-corrected chi connectivity index (χ2v) is 12.5. The molecule has 0 unspecified atom stereocenters. The molecule has 0 saturated heterocycles. The molecule has 0 amide bonds. The van der Waals surface area contributed by atoms with Crippen molar-refractivity contribution in [3.63, 3.8) is 0 Å². The predicted octanol–water partition coefficient (Wildman–Crippen LogP) is 12.1. The lowest BCUT2D eigenvalue weighted by molar-refractivity contribution is 1.20. The van der Waals surface area contributed by atoms with E-state index in [1.54, 1.807) is 0 Å². The number of benzene rings is 4. The van der Waals surface area contributed by atoms with Crippen molar-refractivity contribution in [1.29, 1.82) is 0 Å². The van der Waals surface area contributed by atoms with Crippen LogP contribution in [0.1, 0.15) is 28.3 Å². The van der Waals surface area contributed by atoms with Gasteiger partial charge in [0.05, 0.1) is 17.1 Å². The highest BCUT2D eigenvalue weighted by Crippen LogP contribution is 2.36. The van der Waals surface area contributed by atoms with Gasteiger partial charge >= 0.3 is 0 Å². The molecule has 2 N–H and O–H groups in total. The summed E-state index contributed by atoms with van der Waals surface area (Å²) in [5.74, 6) is 0. The van der Waals surface area contributed by atoms with Gasteiger partial charge in [-0.05, 0) is 78.6 Å². The predicted molar refractivity (Wildman–Crippen MR) is 211 cm³/mol. The monoisotopic (exact) mass is 644 g/mol. The van der Waals surface area contributed by atoms with Gasteiger partial charge in [-0.25, -0.2) is 4.98 Å². The molecule has 4 nitrogen and oxygen atoms in total. The van der Waals surface area contributed by atoms with Crippen molar-refractivity contribution < 1.29 is 0 Å². The lowest BCUT2D eigenvalue weighted by Gasteiger charge is -2.09. The average Bonchev–Trinajstić information content (AvgIpc) is 3.94. The van der Waals surface area contributed by atoms with E-state index in [1.165, 1.54) is 5.56 Å². The van der Waals surface area contributed by atoms with Crippen LogP contribution in [0, 0.1) is 13.8 Å². The summed E-state index contributed by atoms with van der Waals surface area (Å²) in [6.45, 7) is 8.46. The lowest BCUT2D eigenvalue weighted by Crippen LogP contribution is -1.92. The Labute approximate surface area is 292 Å². The highest BCUT2D eigenvalue weighted by Gasteiger charge is 2.17. The van der Waals surface area contributed by atoms with E-state index in [0.29, 0.717) is 0 Å². The van der Waals surface area contributed by atoms with Crippen LogP contribution in [-0.4, -0.2) is 19.9 Å². The van der Waals surface area contributed by atoms with Crippen molar-refractivity contribution in [3.05, 3.63) is 174 Å². The number of nitrogens with zero attached hydrogens (tertiary/aromatic N) is 2. The summed E-state index contributed by atoms with van der Waals surface area (Å²) in [5.41, 5.74) is 16.8. The summed E-state index contributed by atoms with van der Waals surface area (Å²) in [7, 11) is 0. The fourth-order valence-electron chi connectivity index (χ4n) is 6.87. The third-order valence-corrected chi connectivity index (χ3v) is 9.23. The maximum absolute atomic E-state index is 5.37. The molecular formula is C46H36N4. The second-order valence-electron chi connectivity index (χ2n) is 12.5. The van der Waals surface area contributed by atoms with E-state index in [4.69, 9.17) is 9.97 Å². The first-order valence-corrected chi connectivity index (χ1v) is 16.9. The van der Waals surface area contributed by atoms with Crippen LogP contribution < -0.4 is 0 Å². The number of H-pyrrole nitrogens is 2. The first kappa shape index (κ1) is 30.8. The quantitative estimate of drug-likeness (QED) is 0.196. The van der Waals surface area contributed by atoms with Crippen molar-refractivity contribution in [1.82, 2.24) is 19.9 Å². The fourth-order valence-corrected chi connectivity index (χ4v) is 6.87. The maximum Gasteiger partial charge on any atom is 0.0737 e. The molecule has 4 heteroatoms. The number of aromatic amines is 2. The van der Waals surface area contributed by atoms with Crippen molar-refractivity contribution >= 4 is 40.3 Å². The summed E-state index contributed by atoms with van der Waals surface area (Å²) in [6.07, 6.45) is 6.12. The zero-order chi connectivity index (χ0) is 34.0. The third kappa shape index (κ3) is 5.78. The number of hydrogen-bond acceptors (Lipinski definition) is 2. The van der Waals surface area contributed by atoms with Crippen LogP contribution in [0.15, 0.2) is 146 Å². The second kappa shape index (κ2) is 13.2. The number of nitrogens with one attached hydrogen (secondary N) is 2. The van der Waals surface area contributed by atoms with Crippen molar-refractivity contribution in [2.24, 2.45) is 0 Å². The molecule has 1 aliphatic heterocycles. The standard InChI is InChI=1S/C46H36N4/c1-4-36-44(33-16-10-6-11-17-33)38-26-27-39(49-38)45(34-18-12-7-13-19-34)40-28-29-42(50-40)46(35-22-20-30(2)21-23-35)41-25-24-37(48-41)43(31(3)47-36)32-14-8-5-9-15-32/h4-29,48-49H,1H2,2-3H3. The third-order valence-electron chi connectivity index (χ3n) is 9.23. The van der Waals surface area contributed by atoms with Gasteiger partial charge < -0.3 is 9.97 Å². The zero-order valence-electron chi connectivity index (χ0n) is 28.1. The Balaban J connectivity index is 1.60. The van der Waals surface area contributed by atoms with Crippen LogP contribution in [0.4, 0.5) is 0 Å². The van der Waals surface area contributed by atoms with Gasteiger partial charge in [0, 0.05) is 50.0 Å². The van der Waals surface area contributed by atoms with Crippen LogP contribution >= 0.6 is 0 Å². The molecule has 4 aromatic carbocycles. The highest BCUT2D eigenvalue weighted by molar-refractivity contribution is 5.97. The smallest absolute Gasteiger partial charge is 0.0737 e. The molecule has 8 rings (SSSR count). The van der Waals surface area contributed by atoms with Crippen molar-refractivity contribution in [2.75, 3.05) is 0 Å². The van der Waals surface area contributed by atoms with E-state index in [0.717, 1.165) is 89.4 Å².